The van der Waals surface area contributed by atoms with Gasteiger partial charge in [0.15, 0.2) is 27.3 Å². The van der Waals surface area contributed by atoms with Crippen molar-refractivity contribution in [3.8, 4) is 0 Å². The number of hydrogen-bond donors (Lipinski definition) is 1. The zero-order valence-corrected chi connectivity index (χ0v) is 17.8. The summed E-state index contributed by atoms with van der Waals surface area (Å²) in [5, 5.41) is 9.64. The van der Waals surface area contributed by atoms with E-state index in [1.807, 2.05) is 12.1 Å². The Labute approximate surface area is 183 Å². The number of aromatic nitrogens is 3. The van der Waals surface area contributed by atoms with E-state index in [4.69, 9.17) is 29.0 Å². The minimum absolute atomic E-state index is 0.0364. The summed E-state index contributed by atoms with van der Waals surface area (Å²) in [6.07, 6.45) is 4.33. The fourth-order valence-corrected chi connectivity index (χ4v) is 3.63. The molecule has 2 aromatic carbocycles. The van der Waals surface area contributed by atoms with Gasteiger partial charge >= 0.3 is 0 Å². The van der Waals surface area contributed by atoms with E-state index < -0.39 is 21.4 Å². The van der Waals surface area contributed by atoms with Crippen LogP contribution >= 0.6 is 23.2 Å². The minimum atomic E-state index is -3.80. The lowest BCUT2D eigenvalue weighted by atomic mass is 10.1. The third-order valence-electron chi connectivity index (χ3n) is 3.97. The number of carbonyl (C=O) groups excluding carboxylic acids is 1. The van der Waals surface area contributed by atoms with Gasteiger partial charge in [0.1, 0.15) is 5.75 Å². The van der Waals surface area contributed by atoms with Gasteiger partial charge in [-0.1, -0.05) is 41.4 Å². The van der Waals surface area contributed by atoms with Crippen molar-refractivity contribution in [2.45, 2.75) is 5.75 Å². The van der Waals surface area contributed by atoms with E-state index in [1.54, 1.807) is 36.4 Å². The second kappa shape index (κ2) is 9.25. The van der Waals surface area contributed by atoms with Gasteiger partial charge in [-0.2, -0.15) is 0 Å². The lowest BCUT2D eigenvalue weighted by molar-refractivity contribution is 0.104. The van der Waals surface area contributed by atoms with Crippen molar-refractivity contribution in [1.29, 1.82) is 0 Å². The van der Waals surface area contributed by atoms with Crippen LogP contribution in [0.5, 0.6) is 0 Å². The molecular weight excluding hydrogens is 447 g/mol. The Morgan fingerprint density at radius 2 is 1.57 bits per heavy atom. The van der Waals surface area contributed by atoms with Crippen LogP contribution in [0.2, 0.25) is 10.0 Å². The molecule has 0 fully saturated rings. The maximum atomic E-state index is 12.3. The van der Waals surface area contributed by atoms with E-state index in [-0.39, 0.29) is 11.6 Å². The molecule has 0 atom stereocenters. The molecule has 0 aliphatic heterocycles. The number of halogens is 2. The van der Waals surface area contributed by atoms with Gasteiger partial charge < -0.3 is 5.84 Å². The quantitative estimate of drug-likeness (QED) is 0.325. The summed E-state index contributed by atoms with van der Waals surface area (Å²) < 4.78 is 25.8. The lowest BCUT2D eigenvalue weighted by Crippen LogP contribution is -2.17. The third-order valence-corrected chi connectivity index (χ3v) is 5.69. The SMILES string of the molecule is Nn1c(C=Cc2ccc(Cl)cc2)nnc1CS(=O)(=O)C=CC(=O)c1ccc(Cl)cc1. The van der Waals surface area contributed by atoms with Crippen LogP contribution in [-0.2, 0) is 15.6 Å². The van der Waals surface area contributed by atoms with Gasteiger partial charge in [-0.3, -0.25) is 4.79 Å². The van der Waals surface area contributed by atoms with Crippen LogP contribution in [0.15, 0.2) is 60.0 Å². The van der Waals surface area contributed by atoms with E-state index in [0.717, 1.165) is 21.7 Å². The Morgan fingerprint density at radius 1 is 0.967 bits per heavy atom. The molecule has 0 amide bonds. The zero-order valence-electron chi connectivity index (χ0n) is 15.4. The number of nitrogens with two attached hydrogens (primary N) is 1. The van der Waals surface area contributed by atoms with E-state index in [1.165, 1.54) is 12.1 Å². The number of allylic oxidation sites excluding steroid dienone is 1. The number of sulfone groups is 1. The van der Waals surface area contributed by atoms with Crippen molar-refractivity contribution in [3.05, 3.63) is 92.8 Å². The molecule has 3 rings (SSSR count). The second-order valence-electron chi connectivity index (χ2n) is 6.21. The number of rotatable bonds is 7. The summed E-state index contributed by atoms with van der Waals surface area (Å²) in [7, 11) is -3.80. The average molecular weight is 463 g/mol. The van der Waals surface area contributed by atoms with Crippen molar-refractivity contribution >= 4 is 51.0 Å². The Morgan fingerprint density at radius 3 is 2.20 bits per heavy atom. The van der Waals surface area contributed by atoms with E-state index in [2.05, 4.69) is 10.2 Å². The second-order valence-corrected chi connectivity index (χ2v) is 8.97. The molecule has 0 spiro atoms. The molecule has 154 valence electrons. The predicted molar refractivity (Wildman–Crippen MR) is 118 cm³/mol. The van der Waals surface area contributed by atoms with E-state index >= 15 is 0 Å². The fraction of sp³-hybridized carbons (Fsp3) is 0.0500. The molecule has 0 aliphatic carbocycles. The summed E-state index contributed by atoms with van der Waals surface area (Å²) in [4.78, 5) is 12.1. The van der Waals surface area contributed by atoms with E-state index in [0.29, 0.717) is 15.6 Å². The summed E-state index contributed by atoms with van der Waals surface area (Å²) in [5.74, 6) is 5.26. The molecule has 2 N–H and O–H groups in total. The van der Waals surface area contributed by atoms with Crippen LogP contribution in [0.1, 0.15) is 27.6 Å². The van der Waals surface area contributed by atoms with Gasteiger partial charge in [0, 0.05) is 21.0 Å². The minimum Gasteiger partial charge on any atom is -0.336 e. The molecule has 0 radical (unpaired) electrons. The van der Waals surface area contributed by atoms with Gasteiger partial charge in [0.05, 0.1) is 0 Å². The van der Waals surface area contributed by atoms with Crippen molar-refractivity contribution in [3.63, 3.8) is 0 Å². The predicted octanol–water partition coefficient (Wildman–Crippen LogP) is 3.78. The molecular formula is C20H16Cl2N4O3S. The number of carbonyl (C=O) groups is 1. The Balaban J connectivity index is 1.70. The van der Waals surface area contributed by atoms with Gasteiger partial charge in [-0.05, 0) is 54.1 Å². The molecule has 7 nitrogen and oxygen atoms in total. The topological polar surface area (TPSA) is 108 Å². The maximum Gasteiger partial charge on any atom is 0.186 e. The smallest absolute Gasteiger partial charge is 0.186 e. The van der Waals surface area contributed by atoms with Gasteiger partial charge in [-0.25, -0.2) is 13.1 Å². The van der Waals surface area contributed by atoms with Crippen molar-refractivity contribution in [2.75, 3.05) is 5.84 Å². The molecule has 1 heterocycles. The van der Waals surface area contributed by atoms with Crippen molar-refractivity contribution in [2.24, 2.45) is 0 Å². The number of ketones is 1. The van der Waals surface area contributed by atoms with E-state index in [9.17, 15) is 13.2 Å². The van der Waals surface area contributed by atoms with Crippen molar-refractivity contribution in [1.82, 2.24) is 14.9 Å². The summed E-state index contributed by atoms with van der Waals surface area (Å²) in [6, 6.07) is 13.2. The largest absolute Gasteiger partial charge is 0.336 e. The zero-order chi connectivity index (χ0) is 21.7. The van der Waals surface area contributed by atoms with Crippen LogP contribution in [0.3, 0.4) is 0 Å². The molecule has 0 saturated heterocycles. The highest BCUT2D eigenvalue weighted by molar-refractivity contribution is 7.93. The fourth-order valence-electron chi connectivity index (χ4n) is 2.40. The highest BCUT2D eigenvalue weighted by atomic mass is 35.5. The third kappa shape index (κ3) is 5.79. The Hall–Kier alpha value is -2.94. The highest BCUT2D eigenvalue weighted by Crippen LogP contribution is 2.14. The molecule has 0 unspecified atom stereocenters. The Bertz CT molecular complexity index is 1220. The van der Waals surface area contributed by atoms with Crippen molar-refractivity contribution < 1.29 is 13.2 Å². The first kappa shape index (κ1) is 21.8. The molecule has 1 aromatic heterocycles. The van der Waals surface area contributed by atoms with Gasteiger partial charge in [0.2, 0.25) is 0 Å². The van der Waals surface area contributed by atoms with Crippen LogP contribution in [0.4, 0.5) is 0 Å². The first-order valence-electron chi connectivity index (χ1n) is 8.57. The monoisotopic (exact) mass is 462 g/mol. The standard InChI is InChI=1S/C20H16Cl2N4O3S/c21-16-6-1-14(2-7-16)3-10-19-24-25-20(26(19)23)13-30(28,29)12-11-18(27)15-4-8-17(22)9-5-15/h1-12H,13,23H2. The Kier molecular flexibility index (Phi) is 6.71. The van der Waals surface area contributed by atoms with Gasteiger partial charge in [0.25, 0.3) is 0 Å². The van der Waals surface area contributed by atoms with Crippen LogP contribution in [0.25, 0.3) is 12.2 Å². The summed E-state index contributed by atoms with van der Waals surface area (Å²) >= 11 is 11.6. The summed E-state index contributed by atoms with van der Waals surface area (Å²) in [6.45, 7) is 0. The van der Waals surface area contributed by atoms with Crippen LogP contribution < -0.4 is 5.84 Å². The van der Waals surface area contributed by atoms with Crippen LogP contribution in [-0.4, -0.2) is 29.1 Å². The maximum absolute atomic E-state index is 12.3. The number of nitrogen functional groups attached to an aromatic ring is 1. The van der Waals surface area contributed by atoms with Crippen LogP contribution in [0, 0.1) is 0 Å². The lowest BCUT2D eigenvalue weighted by Gasteiger charge is -2.01. The number of benzene rings is 2. The normalized spacial score (nSPS) is 12.1. The molecule has 0 bridgehead atoms. The molecule has 10 heteroatoms. The molecule has 3 aromatic rings. The molecule has 0 aliphatic rings. The van der Waals surface area contributed by atoms with Gasteiger partial charge in [-0.15, -0.1) is 10.2 Å². The average Bonchev–Trinajstić information content (AvgIpc) is 3.05. The summed E-state index contributed by atoms with van der Waals surface area (Å²) in [5.41, 5.74) is 1.18. The first-order valence-corrected chi connectivity index (χ1v) is 11.0. The highest BCUT2D eigenvalue weighted by Gasteiger charge is 2.16. The molecule has 0 saturated carbocycles. The number of nitrogens with zero attached hydrogens (tertiary/aromatic N) is 3. The molecule has 30 heavy (non-hydrogen) atoms. The number of hydrogen-bond acceptors (Lipinski definition) is 6. The first-order chi connectivity index (χ1) is 14.2.